The van der Waals surface area contributed by atoms with Gasteiger partial charge in [-0.1, -0.05) is 0 Å². The van der Waals surface area contributed by atoms with Gasteiger partial charge in [0.1, 0.15) is 0 Å². The van der Waals surface area contributed by atoms with E-state index in [2.05, 4.69) is 0 Å². The van der Waals surface area contributed by atoms with Crippen molar-refractivity contribution in [2.24, 2.45) is 0 Å². The minimum absolute atomic E-state index is 0. The molecule has 1 radical (unpaired) electrons. The topological polar surface area (TPSA) is 0 Å². The molecule has 0 nitrogen and oxygen atoms in total. The number of hydrogen-bond donors (Lipinski definition) is 0. The second-order valence-electron chi connectivity index (χ2n) is 0. The van der Waals surface area contributed by atoms with Crippen LogP contribution in [-0.2, 0) is 36.5 Å². The molecule has 0 amide bonds. The van der Waals surface area contributed by atoms with Gasteiger partial charge in [0.25, 0.3) is 0 Å². The maximum atomic E-state index is 0. The maximum Gasteiger partial charge on any atom is 0 e. The van der Waals surface area contributed by atoms with Crippen LogP contribution in [0.2, 0.25) is 0 Å². The van der Waals surface area contributed by atoms with E-state index in [9.17, 15) is 0 Å². The van der Waals surface area contributed by atoms with Gasteiger partial charge in [-0.2, -0.15) is 0 Å². The average molecular weight is 169 g/mol. The van der Waals surface area contributed by atoms with Gasteiger partial charge in [-0.25, -0.2) is 0 Å². The van der Waals surface area contributed by atoms with Crippen molar-refractivity contribution in [3.05, 3.63) is 0 Å². The van der Waals surface area contributed by atoms with Crippen LogP contribution in [0.1, 0.15) is 0 Å². The molecule has 0 aliphatic rings. The van der Waals surface area contributed by atoms with Crippen molar-refractivity contribution in [1.29, 1.82) is 0 Å². The summed E-state index contributed by atoms with van der Waals surface area (Å²) < 4.78 is 0. The normalized spacial score (nSPS) is 0. The van der Waals surface area contributed by atoms with E-state index < -0.39 is 0 Å². The molecule has 0 fully saturated rings. The fourth-order valence-electron chi connectivity index (χ4n) is 0. The molecule has 0 rings (SSSR count). The molecule has 0 aliphatic carbocycles. The smallest absolute Gasteiger partial charge is 0 e. The van der Waals surface area contributed by atoms with Gasteiger partial charge in [0.15, 0.2) is 0 Å². The van der Waals surface area contributed by atoms with Crippen LogP contribution < -0.4 is 0 Å². The van der Waals surface area contributed by atoms with Crippen molar-refractivity contribution in [2.45, 2.75) is 0 Å². The summed E-state index contributed by atoms with van der Waals surface area (Å²) >= 11 is 0. The van der Waals surface area contributed by atoms with E-state index >= 15 is 0 Å². The van der Waals surface area contributed by atoms with Crippen LogP contribution in [-0.4, -0.2) is 0 Å². The molecule has 0 N–H and O–H groups in total. The summed E-state index contributed by atoms with van der Waals surface area (Å²) in [4.78, 5) is 0. The molecule has 0 atom stereocenters. The Morgan fingerprint density at radius 1 is 0.750 bits per heavy atom. The molecule has 0 unspecified atom stereocenters. The van der Waals surface area contributed by atoms with Crippen molar-refractivity contribution in [1.82, 2.24) is 0 Å². The molecule has 0 aromatic rings. The third kappa shape index (κ3) is 12.0. The summed E-state index contributed by atoms with van der Waals surface area (Å²) in [6.45, 7) is 0. The molecular formula is H2CuF2Zn. The monoisotopic (exact) mass is 167 g/mol. The summed E-state index contributed by atoms with van der Waals surface area (Å²) in [5, 5.41) is 0. The van der Waals surface area contributed by atoms with Crippen LogP contribution in [0, 0.1) is 0 Å². The van der Waals surface area contributed by atoms with Gasteiger partial charge in [-0.3, -0.25) is 9.41 Å². The summed E-state index contributed by atoms with van der Waals surface area (Å²) in [5.74, 6) is 0. The Morgan fingerprint density at radius 2 is 0.750 bits per heavy atom. The van der Waals surface area contributed by atoms with Gasteiger partial charge in [0.05, 0.1) is 0 Å². The van der Waals surface area contributed by atoms with Crippen molar-refractivity contribution < 1.29 is 46.0 Å². The first kappa shape index (κ1) is 79.7. The molecule has 0 aliphatic heterocycles. The third-order valence-electron chi connectivity index (χ3n) is 0. The molecule has 0 saturated heterocycles. The van der Waals surface area contributed by atoms with Crippen LogP contribution in [0.3, 0.4) is 0 Å². The third-order valence-corrected chi connectivity index (χ3v) is 0. The number of halogens is 2. The van der Waals surface area contributed by atoms with E-state index in [0.29, 0.717) is 0 Å². The van der Waals surface area contributed by atoms with Crippen LogP contribution in [0.15, 0.2) is 0 Å². The van der Waals surface area contributed by atoms with Crippen LogP contribution in [0.25, 0.3) is 0 Å². The van der Waals surface area contributed by atoms with Crippen LogP contribution in [0.5, 0.6) is 0 Å². The first-order valence-corrected chi connectivity index (χ1v) is 0. The summed E-state index contributed by atoms with van der Waals surface area (Å²) in [7, 11) is 0. The predicted octanol–water partition coefficient (Wildman–Crippen LogP) is 0.300. The van der Waals surface area contributed by atoms with Gasteiger partial charge in [-0.05, 0) is 0 Å². The Balaban J connectivity index is 0. The van der Waals surface area contributed by atoms with Crippen LogP contribution in [0.4, 0.5) is 9.41 Å². The Hall–Kier alpha value is 1.00. The van der Waals surface area contributed by atoms with E-state index in [1.807, 2.05) is 0 Å². The van der Waals surface area contributed by atoms with Crippen LogP contribution >= 0.6 is 0 Å². The molecule has 4 heavy (non-hydrogen) atoms. The minimum Gasteiger partial charge on any atom is -0.269 e. The van der Waals surface area contributed by atoms with Gasteiger partial charge in [-0.15, -0.1) is 0 Å². The SMILES string of the molecule is F.F.[Cu].[Zn]. The Kier molecular flexibility index (Phi) is 715. The summed E-state index contributed by atoms with van der Waals surface area (Å²) in [6.07, 6.45) is 0. The number of rotatable bonds is 0. The van der Waals surface area contributed by atoms with E-state index in [0.717, 1.165) is 0 Å². The zero-order valence-electron chi connectivity index (χ0n) is 1.83. The standard InChI is InChI=1S/Cu.2FH.Zn/h;2*1H;. The van der Waals surface area contributed by atoms with Gasteiger partial charge in [0.2, 0.25) is 0 Å². The quantitative estimate of drug-likeness (QED) is 0.457. The minimum atomic E-state index is 0. The van der Waals surface area contributed by atoms with Gasteiger partial charge < -0.3 is 0 Å². The summed E-state index contributed by atoms with van der Waals surface area (Å²) in [5.41, 5.74) is 0. The van der Waals surface area contributed by atoms with Gasteiger partial charge >= 0.3 is 0 Å². The molecular weight excluding hydrogens is 167 g/mol. The summed E-state index contributed by atoms with van der Waals surface area (Å²) in [6, 6.07) is 0. The largest absolute Gasteiger partial charge is 0.269 e. The molecule has 29 valence electrons. The Labute approximate surface area is 46.3 Å². The van der Waals surface area contributed by atoms with Gasteiger partial charge in [0, 0.05) is 36.5 Å². The second-order valence-corrected chi connectivity index (χ2v) is 0. The molecule has 0 aromatic carbocycles. The zero-order valence-corrected chi connectivity index (χ0v) is 5.73. The molecule has 0 saturated carbocycles. The van der Waals surface area contributed by atoms with Crippen molar-refractivity contribution in [2.75, 3.05) is 0 Å². The fraction of sp³-hybridized carbons (Fsp3) is 0. The Morgan fingerprint density at radius 3 is 0.750 bits per heavy atom. The molecule has 0 bridgehead atoms. The first-order chi connectivity index (χ1) is 0. The molecule has 0 spiro atoms. The first-order valence-electron chi connectivity index (χ1n) is 0. The van der Waals surface area contributed by atoms with E-state index in [4.69, 9.17) is 0 Å². The van der Waals surface area contributed by atoms with E-state index in [1.54, 1.807) is 0 Å². The van der Waals surface area contributed by atoms with Crippen molar-refractivity contribution in [3.8, 4) is 0 Å². The zero-order chi connectivity index (χ0) is 0. The van der Waals surface area contributed by atoms with E-state index in [-0.39, 0.29) is 46.0 Å². The molecule has 0 heterocycles. The second kappa shape index (κ2) is 35.9. The number of hydrogen-bond acceptors (Lipinski definition) is 0. The maximum absolute atomic E-state index is 0. The Bertz CT molecular complexity index is 6.00. The molecule has 4 heteroatoms. The predicted molar refractivity (Wildman–Crippen MR) is 5.01 cm³/mol. The van der Waals surface area contributed by atoms with E-state index in [1.165, 1.54) is 0 Å². The van der Waals surface area contributed by atoms with Crippen molar-refractivity contribution in [3.63, 3.8) is 0 Å². The fourth-order valence-corrected chi connectivity index (χ4v) is 0. The van der Waals surface area contributed by atoms with Crippen molar-refractivity contribution >= 4 is 0 Å². The average Bonchev–Trinajstić information content (AvgIpc) is 0. The molecule has 0 aromatic heterocycles.